The number of fused-ring (bicyclic) bond motifs is 3. The van der Waals surface area contributed by atoms with E-state index in [-0.39, 0.29) is 0 Å². The summed E-state index contributed by atoms with van der Waals surface area (Å²) in [5, 5.41) is 1.08. The zero-order valence-electron chi connectivity index (χ0n) is 12.4. The molecular formula is C18H19NO2. The molecule has 4 rings (SSSR count). The van der Waals surface area contributed by atoms with Crippen molar-refractivity contribution >= 4 is 16.5 Å². The van der Waals surface area contributed by atoms with Gasteiger partial charge < -0.3 is 9.47 Å². The topological polar surface area (TPSA) is 31.4 Å². The van der Waals surface area contributed by atoms with Gasteiger partial charge in [-0.05, 0) is 49.5 Å². The molecule has 1 aromatic carbocycles. The fourth-order valence-electron chi connectivity index (χ4n) is 3.45. The summed E-state index contributed by atoms with van der Waals surface area (Å²) in [4.78, 5) is 4.59. The number of aryl methyl sites for hydroxylation is 1. The molecule has 1 unspecified atom stereocenters. The maximum atomic E-state index is 5.88. The third-order valence-electron chi connectivity index (χ3n) is 4.46. The SMILES string of the molecule is COc1cc(C)nc2ccc(C3=C[C@@H]4CCC(C3)O4)cc12. The second-order valence-corrected chi connectivity index (χ2v) is 5.97. The number of methoxy groups -OCH3 is 1. The number of nitrogens with zero attached hydrogens (tertiary/aromatic N) is 1. The Kier molecular flexibility index (Phi) is 2.96. The van der Waals surface area contributed by atoms with E-state index in [4.69, 9.17) is 9.47 Å². The van der Waals surface area contributed by atoms with E-state index in [0.717, 1.165) is 35.2 Å². The smallest absolute Gasteiger partial charge is 0.130 e. The molecule has 3 heterocycles. The third-order valence-corrected chi connectivity index (χ3v) is 4.46. The minimum atomic E-state index is 0.312. The van der Waals surface area contributed by atoms with Crippen LogP contribution >= 0.6 is 0 Å². The average molecular weight is 281 g/mol. The highest BCUT2D eigenvalue weighted by Gasteiger charge is 2.29. The fraction of sp³-hybridized carbons (Fsp3) is 0.389. The Balaban J connectivity index is 1.82. The first kappa shape index (κ1) is 12.8. The minimum Gasteiger partial charge on any atom is -0.496 e. The normalized spacial score (nSPS) is 24.2. The lowest BCUT2D eigenvalue weighted by molar-refractivity contribution is 0.0671. The van der Waals surface area contributed by atoms with E-state index in [1.54, 1.807) is 7.11 Å². The molecule has 0 amide bonds. The maximum Gasteiger partial charge on any atom is 0.130 e. The van der Waals surface area contributed by atoms with Crippen molar-refractivity contribution in [2.75, 3.05) is 7.11 Å². The molecule has 2 aliphatic rings. The predicted molar refractivity (Wildman–Crippen MR) is 83.5 cm³/mol. The lowest BCUT2D eigenvalue weighted by Crippen LogP contribution is -2.15. The van der Waals surface area contributed by atoms with Crippen molar-refractivity contribution in [1.29, 1.82) is 0 Å². The fourth-order valence-corrected chi connectivity index (χ4v) is 3.45. The zero-order chi connectivity index (χ0) is 14.4. The highest BCUT2D eigenvalue weighted by Crippen LogP contribution is 2.37. The molecule has 1 aromatic heterocycles. The summed E-state index contributed by atoms with van der Waals surface area (Å²) in [6.45, 7) is 1.99. The van der Waals surface area contributed by atoms with Crippen LogP contribution in [0.3, 0.4) is 0 Å². The third kappa shape index (κ3) is 2.22. The molecule has 3 nitrogen and oxygen atoms in total. The van der Waals surface area contributed by atoms with E-state index in [9.17, 15) is 0 Å². The Morgan fingerprint density at radius 1 is 1.24 bits per heavy atom. The van der Waals surface area contributed by atoms with Crippen LogP contribution in [0.4, 0.5) is 0 Å². The largest absolute Gasteiger partial charge is 0.496 e. The number of aromatic nitrogens is 1. The molecule has 2 aromatic rings. The van der Waals surface area contributed by atoms with Gasteiger partial charge in [-0.3, -0.25) is 4.98 Å². The van der Waals surface area contributed by atoms with Crippen molar-refractivity contribution < 1.29 is 9.47 Å². The predicted octanol–water partition coefficient (Wildman–Crippen LogP) is 3.89. The molecule has 0 radical (unpaired) electrons. The van der Waals surface area contributed by atoms with Crippen molar-refractivity contribution in [2.45, 2.75) is 38.4 Å². The van der Waals surface area contributed by atoms with Crippen molar-refractivity contribution in [2.24, 2.45) is 0 Å². The van der Waals surface area contributed by atoms with Gasteiger partial charge in [-0.1, -0.05) is 12.1 Å². The molecular weight excluding hydrogens is 262 g/mol. The van der Waals surface area contributed by atoms with E-state index < -0.39 is 0 Å². The van der Waals surface area contributed by atoms with Gasteiger partial charge in [0.1, 0.15) is 5.75 Å². The van der Waals surface area contributed by atoms with Gasteiger partial charge in [0.25, 0.3) is 0 Å². The number of ether oxygens (including phenoxy) is 2. The molecule has 1 saturated heterocycles. The van der Waals surface area contributed by atoms with Gasteiger partial charge in [0.05, 0.1) is 24.8 Å². The summed E-state index contributed by atoms with van der Waals surface area (Å²) in [6.07, 6.45) is 6.37. The first-order valence-electron chi connectivity index (χ1n) is 7.55. The number of benzene rings is 1. The number of hydrogen-bond donors (Lipinski definition) is 0. The molecule has 21 heavy (non-hydrogen) atoms. The zero-order valence-corrected chi connectivity index (χ0v) is 12.4. The van der Waals surface area contributed by atoms with Gasteiger partial charge in [0, 0.05) is 17.1 Å². The molecule has 1 fully saturated rings. The lowest BCUT2D eigenvalue weighted by Gasteiger charge is -2.21. The van der Waals surface area contributed by atoms with E-state index >= 15 is 0 Å². The summed E-state index contributed by atoms with van der Waals surface area (Å²) in [7, 11) is 1.72. The summed E-state index contributed by atoms with van der Waals surface area (Å²) in [6, 6.07) is 8.47. The van der Waals surface area contributed by atoms with Gasteiger partial charge in [-0.25, -0.2) is 0 Å². The Morgan fingerprint density at radius 3 is 2.95 bits per heavy atom. The second-order valence-electron chi connectivity index (χ2n) is 5.97. The van der Waals surface area contributed by atoms with E-state index in [1.807, 2.05) is 13.0 Å². The summed E-state index contributed by atoms with van der Waals surface area (Å²) in [5.41, 5.74) is 4.64. The Hall–Kier alpha value is -1.87. The molecule has 2 bridgehead atoms. The van der Waals surface area contributed by atoms with Crippen LogP contribution in [0.15, 0.2) is 30.3 Å². The quantitative estimate of drug-likeness (QED) is 0.837. The molecule has 0 saturated carbocycles. The van der Waals surface area contributed by atoms with E-state index in [0.29, 0.717) is 12.2 Å². The van der Waals surface area contributed by atoms with Crippen molar-refractivity contribution in [3.8, 4) is 5.75 Å². The molecule has 108 valence electrons. The van der Waals surface area contributed by atoms with Gasteiger partial charge in [0.15, 0.2) is 0 Å². The van der Waals surface area contributed by atoms with Crippen LogP contribution in [-0.2, 0) is 4.74 Å². The lowest BCUT2D eigenvalue weighted by atomic mass is 9.96. The molecule has 2 atom stereocenters. The van der Waals surface area contributed by atoms with Crippen LogP contribution < -0.4 is 4.74 Å². The Labute approximate surface area is 124 Å². The molecule has 0 aliphatic carbocycles. The van der Waals surface area contributed by atoms with Crippen molar-refractivity contribution in [3.05, 3.63) is 41.6 Å². The molecule has 2 aliphatic heterocycles. The highest BCUT2D eigenvalue weighted by atomic mass is 16.5. The van der Waals surface area contributed by atoms with Crippen LogP contribution in [0.1, 0.15) is 30.5 Å². The van der Waals surface area contributed by atoms with Crippen molar-refractivity contribution in [3.63, 3.8) is 0 Å². The summed E-state index contributed by atoms with van der Waals surface area (Å²) in [5.74, 6) is 0.898. The highest BCUT2D eigenvalue weighted by molar-refractivity contribution is 5.89. The summed E-state index contributed by atoms with van der Waals surface area (Å²) >= 11 is 0. The van der Waals surface area contributed by atoms with Gasteiger partial charge in [-0.15, -0.1) is 0 Å². The first-order chi connectivity index (χ1) is 10.2. The van der Waals surface area contributed by atoms with E-state index in [1.165, 1.54) is 17.6 Å². The first-order valence-corrected chi connectivity index (χ1v) is 7.55. The molecule has 3 heteroatoms. The second kappa shape index (κ2) is 4.85. The van der Waals surface area contributed by atoms with Crippen LogP contribution in [0.5, 0.6) is 5.75 Å². The van der Waals surface area contributed by atoms with Gasteiger partial charge >= 0.3 is 0 Å². The number of pyridine rings is 1. The van der Waals surface area contributed by atoms with Gasteiger partial charge in [-0.2, -0.15) is 0 Å². The van der Waals surface area contributed by atoms with E-state index in [2.05, 4.69) is 29.3 Å². The van der Waals surface area contributed by atoms with Crippen LogP contribution in [-0.4, -0.2) is 24.3 Å². The monoisotopic (exact) mass is 281 g/mol. The Bertz CT molecular complexity index is 735. The van der Waals surface area contributed by atoms with Crippen LogP contribution in [0.25, 0.3) is 16.5 Å². The molecule has 0 spiro atoms. The maximum absolute atomic E-state index is 5.88. The molecule has 0 N–H and O–H groups in total. The average Bonchev–Trinajstić information content (AvgIpc) is 2.84. The number of hydrogen-bond acceptors (Lipinski definition) is 3. The van der Waals surface area contributed by atoms with Crippen LogP contribution in [0, 0.1) is 6.92 Å². The van der Waals surface area contributed by atoms with Crippen LogP contribution in [0.2, 0.25) is 0 Å². The Morgan fingerprint density at radius 2 is 2.14 bits per heavy atom. The standard InChI is InChI=1S/C18H19NO2/c1-11-7-18(20-2)16-10-12(3-6-17(16)19-11)13-8-14-4-5-15(9-13)21-14/h3,6-8,10,14-15H,4-5,9H2,1-2H3/t14-,15?/m0/s1. The summed E-state index contributed by atoms with van der Waals surface area (Å²) < 4.78 is 11.4. The number of rotatable bonds is 2. The van der Waals surface area contributed by atoms with Gasteiger partial charge in [0.2, 0.25) is 0 Å². The minimum absolute atomic E-state index is 0.312. The van der Waals surface area contributed by atoms with Crippen molar-refractivity contribution in [1.82, 2.24) is 4.98 Å².